The summed E-state index contributed by atoms with van der Waals surface area (Å²) in [7, 11) is 0. The van der Waals surface area contributed by atoms with Gasteiger partial charge in [-0.25, -0.2) is 0 Å². The van der Waals surface area contributed by atoms with Crippen molar-refractivity contribution in [3.05, 3.63) is 87.4 Å². The summed E-state index contributed by atoms with van der Waals surface area (Å²) < 4.78 is 0. The summed E-state index contributed by atoms with van der Waals surface area (Å²) in [6.45, 7) is 20.9. The van der Waals surface area contributed by atoms with Crippen LogP contribution in [0.4, 0.5) is 11.4 Å². The summed E-state index contributed by atoms with van der Waals surface area (Å²) >= 11 is 0. The molecule has 0 unspecified atom stereocenters. The normalized spacial score (nSPS) is 9.27. The Morgan fingerprint density at radius 2 is 1.27 bits per heavy atom. The second-order valence-corrected chi connectivity index (χ2v) is 6.15. The molecule has 4 nitrogen and oxygen atoms in total. The molecule has 2 rings (SSSR count). The number of rotatable bonds is 8. The average Bonchev–Trinajstić information content (AvgIpc) is 2.71. The van der Waals surface area contributed by atoms with Gasteiger partial charge in [-0.15, -0.1) is 26.2 Å². The van der Waals surface area contributed by atoms with E-state index in [-0.39, 0.29) is 53.7 Å². The first-order valence-electron chi connectivity index (χ1n) is 9.27. The van der Waals surface area contributed by atoms with E-state index in [4.69, 9.17) is 0 Å². The number of nitrogens with zero attached hydrogens (tertiary/aromatic N) is 2. The Labute approximate surface area is 210 Å². The van der Waals surface area contributed by atoms with E-state index in [0.717, 1.165) is 22.5 Å². The minimum atomic E-state index is 0. The zero-order valence-electron chi connectivity index (χ0n) is 17.8. The zero-order chi connectivity index (χ0) is 21.1. The van der Waals surface area contributed by atoms with Crippen molar-refractivity contribution < 1.29 is 51.7 Å². The van der Waals surface area contributed by atoms with E-state index in [1.807, 2.05) is 58.3 Å². The predicted molar refractivity (Wildman–Crippen MR) is 119 cm³/mol. The Kier molecular flexibility index (Phi) is 17.0. The molecule has 0 aliphatic carbocycles. The summed E-state index contributed by atoms with van der Waals surface area (Å²) in [5, 5.41) is 0. The van der Waals surface area contributed by atoms with Crippen molar-refractivity contribution in [3.63, 3.8) is 0 Å². The molecular formula is C24H30N2O2W2. The molecule has 0 aliphatic rings. The van der Waals surface area contributed by atoms with Gasteiger partial charge in [0.1, 0.15) is 0 Å². The van der Waals surface area contributed by atoms with Crippen LogP contribution in [0.2, 0.25) is 0 Å². The molecule has 0 radical (unpaired) electrons. The number of ketones is 2. The molecule has 0 saturated carbocycles. The topological polar surface area (TPSA) is 40.6 Å². The van der Waals surface area contributed by atoms with E-state index in [9.17, 15) is 9.59 Å². The molecular weight excluding hydrogens is 716 g/mol. The van der Waals surface area contributed by atoms with Gasteiger partial charge in [-0.1, -0.05) is 24.3 Å². The quantitative estimate of drug-likeness (QED) is 0.290. The minimum Gasteiger partial charge on any atom is -0.432 e. The number of para-hydroxylation sites is 1. The van der Waals surface area contributed by atoms with Gasteiger partial charge in [0.05, 0.1) is 0 Å². The van der Waals surface area contributed by atoms with E-state index in [0.29, 0.717) is 26.2 Å². The van der Waals surface area contributed by atoms with Crippen LogP contribution < -0.4 is 9.80 Å². The average molecular weight is 746 g/mol. The first-order valence-corrected chi connectivity index (χ1v) is 9.27. The number of anilines is 2. The maximum absolute atomic E-state index is 11.3. The van der Waals surface area contributed by atoms with Crippen LogP contribution in [0.1, 0.15) is 34.6 Å². The fourth-order valence-electron chi connectivity index (χ4n) is 2.69. The number of Topliss-reactive ketones (excluding diaryl/α,β-unsaturated/α-hetero) is 2. The Morgan fingerprint density at radius 3 is 1.73 bits per heavy atom. The zero-order valence-corrected chi connectivity index (χ0v) is 23.7. The molecule has 0 N–H and O–H groups in total. The maximum atomic E-state index is 11.3. The maximum Gasteiger partial charge on any atom is 2.00 e. The summed E-state index contributed by atoms with van der Waals surface area (Å²) in [6, 6.07) is 15.1. The van der Waals surface area contributed by atoms with Gasteiger partial charge >= 0.3 is 42.1 Å². The standard InChI is InChI=1S/2C12H15NO.2W/c1-4-13(5-2)12-8-6-7-11(9-12)10(3)14;1-4-13(5-2)12-9-7-6-8-11(12)10(3)14;;/h2*6-9H,1-2,4-5H2,3H3;;/q2*-2;2*+2. The van der Waals surface area contributed by atoms with Crippen LogP contribution in [0.25, 0.3) is 0 Å². The third-order valence-electron chi connectivity index (χ3n) is 4.32. The smallest absolute Gasteiger partial charge is 0.432 e. The first kappa shape index (κ1) is 30.9. The molecule has 0 spiro atoms. The summed E-state index contributed by atoms with van der Waals surface area (Å²) in [4.78, 5) is 26.5. The largest absolute Gasteiger partial charge is 2.00 e. The van der Waals surface area contributed by atoms with Crippen molar-refractivity contribution in [2.24, 2.45) is 0 Å². The Morgan fingerprint density at radius 1 is 0.733 bits per heavy atom. The molecule has 0 amide bonds. The molecule has 0 saturated heterocycles. The fraction of sp³-hybridized carbons (Fsp3) is 0.250. The molecule has 0 heterocycles. The van der Waals surface area contributed by atoms with Crippen LogP contribution in [-0.4, -0.2) is 37.7 Å². The van der Waals surface area contributed by atoms with Gasteiger partial charge in [-0.05, 0) is 38.1 Å². The van der Waals surface area contributed by atoms with Crippen molar-refractivity contribution in [2.75, 3.05) is 36.0 Å². The van der Waals surface area contributed by atoms with Crippen molar-refractivity contribution in [2.45, 2.75) is 13.8 Å². The molecule has 2 aromatic rings. The molecule has 0 aromatic heterocycles. The van der Waals surface area contributed by atoms with Crippen LogP contribution in [-0.2, 0) is 42.1 Å². The van der Waals surface area contributed by atoms with Crippen LogP contribution in [0, 0.1) is 27.7 Å². The van der Waals surface area contributed by atoms with E-state index < -0.39 is 0 Å². The SMILES string of the molecule is [CH2-]CN(C[CH2-])c1cccc(C(C)=O)c1.[CH2-]CN(C[CH2-])c1ccccc1C(C)=O.[W+2].[W+2]. The second-order valence-electron chi connectivity index (χ2n) is 6.15. The Bertz CT molecular complexity index is 773. The first-order chi connectivity index (χ1) is 13.4. The van der Waals surface area contributed by atoms with Gasteiger partial charge in [-0.2, -0.15) is 0 Å². The van der Waals surface area contributed by atoms with Gasteiger partial charge in [-0.3, -0.25) is 9.59 Å². The number of benzene rings is 2. The van der Waals surface area contributed by atoms with Crippen LogP contribution in [0.3, 0.4) is 0 Å². The van der Waals surface area contributed by atoms with Crippen LogP contribution in [0.5, 0.6) is 0 Å². The van der Waals surface area contributed by atoms with E-state index in [2.05, 4.69) is 27.7 Å². The summed E-state index contributed by atoms with van der Waals surface area (Å²) in [5.74, 6) is 0.160. The third-order valence-corrected chi connectivity index (χ3v) is 4.32. The van der Waals surface area contributed by atoms with Crippen molar-refractivity contribution in [3.8, 4) is 0 Å². The van der Waals surface area contributed by atoms with Gasteiger partial charge < -0.3 is 37.5 Å². The summed E-state index contributed by atoms with van der Waals surface area (Å²) in [5.41, 5.74) is 3.39. The van der Waals surface area contributed by atoms with E-state index in [1.54, 1.807) is 13.8 Å². The molecule has 0 aliphatic heterocycles. The van der Waals surface area contributed by atoms with Crippen LogP contribution >= 0.6 is 0 Å². The van der Waals surface area contributed by atoms with Gasteiger partial charge in [0.25, 0.3) is 0 Å². The monoisotopic (exact) mass is 746 g/mol. The molecule has 6 heteroatoms. The molecule has 0 atom stereocenters. The number of hydrogen-bond acceptors (Lipinski definition) is 4. The fourth-order valence-corrected chi connectivity index (χ4v) is 2.69. The predicted octanol–water partition coefficient (Wildman–Crippen LogP) is 4.72. The number of hydrogen-bond donors (Lipinski definition) is 0. The minimum absolute atomic E-state index is 0. The Hall–Kier alpha value is -1.24. The van der Waals surface area contributed by atoms with Crippen molar-refractivity contribution in [1.29, 1.82) is 0 Å². The van der Waals surface area contributed by atoms with E-state index in [1.165, 1.54) is 0 Å². The second kappa shape index (κ2) is 16.4. The molecule has 2 aromatic carbocycles. The van der Waals surface area contributed by atoms with E-state index >= 15 is 0 Å². The van der Waals surface area contributed by atoms with Crippen LogP contribution in [0.15, 0.2) is 48.5 Å². The molecule has 160 valence electrons. The van der Waals surface area contributed by atoms with Crippen molar-refractivity contribution >= 4 is 22.9 Å². The molecule has 30 heavy (non-hydrogen) atoms. The summed E-state index contributed by atoms with van der Waals surface area (Å²) in [6.07, 6.45) is 0. The molecule has 0 bridgehead atoms. The van der Waals surface area contributed by atoms with Gasteiger partial charge in [0, 0.05) is 22.5 Å². The Balaban J connectivity index is 0. The number of carbonyl (C=O) groups excluding carboxylic acids is 2. The van der Waals surface area contributed by atoms with Gasteiger partial charge in [0.2, 0.25) is 0 Å². The molecule has 0 fully saturated rings. The van der Waals surface area contributed by atoms with Crippen molar-refractivity contribution in [1.82, 2.24) is 0 Å². The number of carbonyl (C=O) groups is 2. The third kappa shape index (κ3) is 9.27. The van der Waals surface area contributed by atoms with Gasteiger partial charge in [0.15, 0.2) is 11.6 Å².